The van der Waals surface area contributed by atoms with Crippen molar-refractivity contribution in [3.05, 3.63) is 0 Å². The number of carbonyl (C=O) groups is 1. The SMILES string of the molecule is NC1CC[C@@H]2CCCCCCC3CCC(C(=O)O)[C@@]132. The van der Waals surface area contributed by atoms with Gasteiger partial charge in [-0.2, -0.15) is 0 Å². The first-order valence-corrected chi connectivity index (χ1v) is 8.15. The van der Waals surface area contributed by atoms with Gasteiger partial charge < -0.3 is 10.8 Å². The van der Waals surface area contributed by atoms with Gasteiger partial charge >= 0.3 is 5.97 Å². The number of aliphatic carboxylic acids is 1. The van der Waals surface area contributed by atoms with E-state index in [1.807, 2.05) is 0 Å². The molecular formula is C16H27NO2. The Kier molecular flexibility index (Phi) is 3.59. The molecule has 0 saturated heterocycles. The molecule has 0 bridgehead atoms. The molecule has 3 fully saturated rings. The van der Waals surface area contributed by atoms with Crippen LogP contribution in [0.5, 0.6) is 0 Å². The third kappa shape index (κ3) is 1.93. The predicted octanol–water partition coefficient (Wildman–Crippen LogP) is 3.18. The summed E-state index contributed by atoms with van der Waals surface area (Å²) in [4.78, 5) is 11.8. The molecule has 0 heterocycles. The Hall–Kier alpha value is -0.570. The second-order valence-corrected chi connectivity index (χ2v) is 7.04. The highest BCUT2D eigenvalue weighted by molar-refractivity contribution is 5.72. The van der Waals surface area contributed by atoms with Crippen molar-refractivity contribution in [2.24, 2.45) is 28.9 Å². The summed E-state index contributed by atoms with van der Waals surface area (Å²) >= 11 is 0. The van der Waals surface area contributed by atoms with Gasteiger partial charge in [0, 0.05) is 11.5 Å². The highest BCUT2D eigenvalue weighted by Gasteiger charge is 2.62. The first-order chi connectivity index (χ1) is 9.17. The fraction of sp³-hybridized carbons (Fsp3) is 0.938. The van der Waals surface area contributed by atoms with Gasteiger partial charge in [0.05, 0.1) is 5.92 Å². The van der Waals surface area contributed by atoms with Gasteiger partial charge in [0.1, 0.15) is 0 Å². The maximum absolute atomic E-state index is 11.8. The Morgan fingerprint density at radius 3 is 2.05 bits per heavy atom. The van der Waals surface area contributed by atoms with Crippen molar-refractivity contribution in [2.45, 2.75) is 70.3 Å². The smallest absolute Gasteiger partial charge is 0.307 e. The molecule has 0 amide bonds. The molecule has 1 spiro atoms. The van der Waals surface area contributed by atoms with Crippen LogP contribution in [0.15, 0.2) is 0 Å². The molecule has 3 aliphatic rings. The average Bonchev–Trinajstić information content (AvgIpc) is 2.90. The monoisotopic (exact) mass is 265 g/mol. The number of hydrogen-bond donors (Lipinski definition) is 2. The minimum absolute atomic E-state index is 0.0594. The summed E-state index contributed by atoms with van der Waals surface area (Å²) in [5.74, 6) is 0.408. The molecule has 108 valence electrons. The van der Waals surface area contributed by atoms with Gasteiger partial charge in [-0.05, 0) is 50.4 Å². The Morgan fingerprint density at radius 1 is 0.895 bits per heavy atom. The summed E-state index contributed by atoms with van der Waals surface area (Å²) in [7, 11) is 0. The van der Waals surface area contributed by atoms with E-state index in [1.54, 1.807) is 0 Å². The van der Waals surface area contributed by atoms with Crippen LogP contribution in [0.2, 0.25) is 0 Å². The third-order valence-electron chi connectivity index (χ3n) is 6.44. The molecule has 19 heavy (non-hydrogen) atoms. The van der Waals surface area contributed by atoms with E-state index < -0.39 is 5.97 Å². The molecule has 5 atom stereocenters. The second kappa shape index (κ2) is 5.08. The lowest BCUT2D eigenvalue weighted by Crippen LogP contribution is -2.50. The zero-order chi connectivity index (χ0) is 13.5. The van der Waals surface area contributed by atoms with E-state index in [-0.39, 0.29) is 17.4 Å². The zero-order valence-corrected chi connectivity index (χ0v) is 11.8. The van der Waals surface area contributed by atoms with E-state index in [9.17, 15) is 9.90 Å². The van der Waals surface area contributed by atoms with E-state index in [2.05, 4.69) is 0 Å². The van der Waals surface area contributed by atoms with Crippen LogP contribution in [0.1, 0.15) is 64.2 Å². The first-order valence-electron chi connectivity index (χ1n) is 8.15. The van der Waals surface area contributed by atoms with E-state index >= 15 is 0 Å². The molecular weight excluding hydrogens is 238 g/mol. The van der Waals surface area contributed by atoms with E-state index in [1.165, 1.54) is 44.9 Å². The van der Waals surface area contributed by atoms with Crippen LogP contribution in [0, 0.1) is 23.2 Å². The van der Waals surface area contributed by atoms with Crippen molar-refractivity contribution in [1.82, 2.24) is 0 Å². The summed E-state index contributed by atoms with van der Waals surface area (Å²) in [5.41, 5.74) is 6.44. The maximum Gasteiger partial charge on any atom is 0.307 e. The third-order valence-corrected chi connectivity index (χ3v) is 6.44. The average molecular weight is 265 g/mol. The molecule has 0 aromatic rings. The number of hydrogen-bond acceptors (Lipinski definition) is 2. The van der Waals surface area contributed by atoms with Crippen molar-refractivity contribution in [1.29, 1.82) is 0 Å². The Morgan fingerprint density at radius 2 is 1.47 bits per heavy atom. The number of rotatable bonds is 1. The molecule has 3 saturated carbocycles. The highest BCUT2D eigenvalue weighted by Crippen LogP contribution is 2.62. The van der Waals surface area contributed by atoms with E-state index in [4.69, 9.17) is 5.73 Å². The van der Waals surface area contributed by atoms with Crippen molar-refractivity contribution >= 4 is 5.97 Å². The summed E-state index contributed by atoms with van der Waals surface area (Å²) < 4.78 is 0. The minimum Gasteiger partial charge on any atom is -0.481 e. The standard InChI is InChI=1S/C16H27NO2/c17-14-10-8-12-6-4-2-1-3-5-11-7-9-13(15(18)19)16(11,12)14/h11-14H,1-10,17H2,(H,18,19)/t11?,12-,13?,14?,16+/m0/s1. The van der Waals surface area contributed by atoms with Crippen molar-refractivity contribution < 1.29 is 9.90 Å². The molecule has 3 aliphatic carbocycles. The van der Waals surface area contributed by atoms with Crippen LogP contribution in [-0.2, 0) is 4.79 Å². The summed E-state index contributed by atoms with van der Waals surface area (Å²) in [6.45, 7) is 0. The minimum atomic E-state index is -0.580. The highest BCUT2D eigenvalue weighted by atomic mass is 16.4. The van der Waals surface area contributed by atoms with Crippen LogP contribution >= 0.6 is 0 Å². The molecule has 3 N–H and O–H groups in total. The molecule has 0 aromatic heterocycles. The lowest BCUT2D eigenvalue weighted by atomic mass is 9.61. The Balaban J connectivity index is 1.99. The largest absolute Gasteiger partial charge is 0.481 e. The molecule has 3 nitrogen and oxygen atoms in total. The lowest BCUT2D eigenvalue weighted by Gasteiger charge is -2.44. The van der Waals surface area contributed by atoms with Crippen LogP contribution in [-0.4, -0.2) is 17.1 Å². The van der Waals surface area contributed by atoms with E-state index in [0.717, 1.165) is 19.3 Å². The molecule has 3 heteroatoms. The summed E-state index contributed by atoms with van der Waals surface area (Å²) in [5, 5.41) is 9.69. The van der Waals surface area contributed by atoms with Crippen molar-refractivity contribution in [2.75, 3.05) is 0 Å². The predicted molar refractivity (Wildman–Crippen MR) is 74.7 cm³/mol. The zero-order valence-electron chi connectivity index (χ0n) is 11.8. The van der Waals surface area contributed by atoms with Crippen LogP contribution in [0.4, 0.5) is 0 Å². The maximum atomic E-state index is 11.8. The van der Waals surface area contributed by atoms with Gasteiger partial charge in [-0.1, -0.05) is 25.7 Å². The molecule has 0 aromatic carbocycles. The number of carboxylic acid groups (broad SMARTS) is 1. The van der Waals surface area contributed by atoms with E-state index in [0.29, 0.717) is 11.8 Å². The molecule has 0 radical (unpaired) electrons. The van der Waals surface area contributed by atoms with Crippen molar-refractivity contribution in [3.8, 4) is 0 Å². The first kappa shape index (κ1) is 13.4. The molecule has 0 aliphatic heterocycles. The van der Waals surface area contributed by atoms with Crippen molar-refractivity contribution in [3.63, 3.8) is 0 Å². The van der Waals surface area contributed by atoms with Crippen LogP contribution < -0.4 is 5.73 Å². The van der Waals surface area contributed by atoms with Gasteiger partial charge in [-0.3, -0.25) is 4.79 Å². The number of carboxylic acids is 1. The molecule has 3 rings (SSSR count). The van der Waals surface area contributed by atoms with Gasteiger partial charge in [0.15, 0.2) is 0 Å². The normalized spacial score (nSPS) is 46.8. The molecule has 3 unspecified atom stereocenters. The topological polar surface area (TPSA) is 63.3 Å². The van der Waals surface area contributed by atoms with Gasteiger partial charge in [-0.15, -0.1) is 0 Å². The second-order valence-electron chi connectivity index (χ2n) is 7.04. The number of nitrogens with two attached hydrogens (primary N) is 1. The fourth-order valence-corrected chi connectivity index (χ4v) is 5.78. The summed E-state index contributed by atoms with van der Waals surface area (Å²) in [6, 6.07) is 0.129. The van der Waals surface area contributed by atoms with Gasteiger partial charge in [0.25, 0.3) is 0 Å². The Bertz CT molecular complexity index is 345. The van der Waals surface area contributed by atoms with Gasteiger partial charge in [0.2, 0.25) is 0 Å². The van der Waals surface area contributed by atoms with Crippen LogP contribution in [0.25, 0.3) is 0 Å². The van der Waals surface area contributed by atoms with Crippen LogP contribution in [0.3, 0.4) is 0 Å². The van der Waals surface area contributed by atoms with Gasteiger partial charge in [-0.25, -0.2) is 0 Å². The fourth-order valence-electron chi connectivity index (χ4n) is 5.78. The quantitative estimate of drug-likeness (QED) is 0.765. The lowest BCUT2D eigenvalue weighted by molar-refractivity contribution is -0.148. The Labute approximate surface area is 115 Å². The summed E-state index contributed by atoms with van der Waals surface area (Å²) in [6.07, 6.45) is 11.8.